The van der Waals surface area contributed by atoms with Gasteiger partial charge in [0.05, 0.1) is 6.26 Å². The maximum atomic E-state index is 11.5. The van der Waals surface area contributed by atoms with Crippen molar-refractivity contribution in [2.24, 2.45) is 0 Å². The lowest BCUT2D eigenvalue weighted by Gasteiger charge is -2.05. The molecule has 0 aliphatic carbocycles. The molecule has 0 fully saturated rings. The number of amides is 1. The first kappa shape index (κ1) is 16.4. The van der Waals surface area contributed by atoms with Crippen LogP contribution in [-0.4, -0.2) is 48.3 Å². The zero-order valence-corrected chi connectivity index (χ0v) is 13.1. The lowest BCUT2D eigenvalue weighted by Crippen LogP contribution is -2.30. The molecule has 0 aliphatic heterocycles. The Morgan fingerprint density at radius 3 is 2.86 bits per heavy atom. The van der Waals surface area contributed by atoms with Gasteiger partial charge in [0.15, 0.2) is 5.65 Å². The Balaban J connectivity index is 1.68. The van der Waals surface area contributed by atoms with E-state index in [0.717, 1.165) is 24.1 Å². The van der Waals surface area contributed by atoms with Gasteiger partial charge in [-0.25, -0.2) is 13.1 Å². The van der Waals surface area contributed by atoms with Gasteiger partial charge in [-0.15, -0.1) is 10.2 Å². The number of fused-ring (bicyclic) bond motifs is 1. The van der Waals surface area contributed by atoms with Gasteiger partial charge in [0.2, 0.25) is 15.9 Å². The highest BCUT2D eigenvalue weighted by atomic mass is 32.2. The normalized spacial score (nSPS) is 11.7. The Hall–Kier alpha value is -2.00. The predicted octanol–water partition coefficient (Wildman–Crippen LogP) is -0.283. The number of nitrogens with one attached hydrogen (secondary N) is 2. The van der Waals surface area contributed by atoms with E-state index in [1.165, 1.54) is 0 Å². The van der Waals surface area contributed by atoms with Crippen LogP contribution in [0.25, 0.3) is 5.65 Å². The van der Waals surface area contributed by atoms with Crippen LogP contribution in [0.4, 0.5) is 0 Å². The van der Waals surface area contributed by atoms with Crippen LogP contribution in [0.15, 0.2) is 24.4 Å². The van der Waals surface area contributed by atoms with Crippen LogP contribution in [0.2, 0.25) is 0 Å². The number of aryl methyl sites for hydroxylation is 1. The largest absolute Gasteiger partial charge is 0.356 e. The molecule has 2 aromatic heterocycles. The fraction of sp³-hybridized carbons (Fsp3) is 0.462. The van der Waals surface area contributed by atoms with Gasteiger partial charge in [0.25, 0.3) is 0 Å². The van der Waals surface area contributed by atoms with Gasteiger partial charge in [-0.2, -0.15) is 0 Å². The Labute approximate surface area is 129 Å². The van der Waals surface area contributed by atoms with Crippen LogP contribution in [0.5, 0.6) is 0 Å². The molecule has 0 spiro atoms. The summed E-state index contributed by atoms with van der Waals surface area (Å²) in [4.78, 5) is 11.5. The molecule has 0 atom stereocenters. The number of carbonyl (C=O) groups excluding carboxylic acids is 1. The van der Waals surface area contributed by atoms with E-state index in [0.29, 0.717) is 13.0 Å². The maximum absolute atomic E-state index is 11.5. The fourth-order valence-corrected chi connectivity index (χ4v) is 2.45. The molecule has 0 aliphatic rings. The van der Waals surface area contributed by atoms with E-state index < -0.39 is 10.0 Å². The number of carbonyl (C=O) groups is 1. The van der Waals surface area contributed by atoms with Crippen LogP contribution in [0.3, 0.4) is 0 Å². The molecule has 2 aromatic rings. The zero-order valence-electron chi connectivity index (χ0n) is 12.3. The van der Waals surface area contributed by atoms with Crippen molar-refractivity contribution in [3.05, 3.63) is 30.2 Å². The summed E-state index contributed by atoms with van der Waals surface area (Å²) >= 11 is 0. The molecule has 0 radical (unpaired) electrons. The standard InChI is InChI=1S/C13H19N5O3S/c1-22(20,21)15-9-7-13(19)14-8-4-6-12-17-16-11-5-2-3-10-18(11)12/h2-3,5,10,15H,4,6-9H2,1H3,(H,14,19). The number of rotatable bonds is 8. The molecule has 8 nitrogen and oxygen atoms in total. The average molecular weight is 325 g/mol. The van der Waals surface area contributed by atoms with Crippen molar-refractivity contribution in [3.8, 4) is 0 Å². The molecule has 9 heteroatoms. The highest BCUT2D eigenvalue weighted by Crippen LogP contribution is 2.04. The lowest BCUT2D eigenvalue weighted by molar-refractivity contribution is -0.120. The highest BCUT2D eigenvalue weighted by Gasteiger charge is 2.06. The van der Waals surface area contributed by atoms with Gasteiger partial charge in [-0.3, -0.25) is 9.20 Å². The maximum Gasteiger partial charge on any atom is 0.221 e. The minimum absolute atomic E-state index is 0.111. The number of pyridine rings is 1. The van der Waals surface area contributed by atoms with E-state index in [2.05, 4.69) is 20.2 Å². The second-order valence-electron chi connectivity index (χ2n) is 4.92. The van der Waals surface area contributed by atoms with Gasteiger partial charge in [-0.05, 0) is 18.6 Å². The number of aromatic nitrogens is 3. The molecule has 0 aromatic carbocycles. The van der Waals surface area contributed by atoms with E-state index >= 15 is 0 Å². The summed E-state index contributed by atoms with van der Waals surface area (Å²) in [5, 5.41) is 10.9. The molecule has 1 amide bonds. The molecule has 2 heterocycles. The molecule has 0 saturated carbocycles. The molecule has 120 valence electrons. The summed E-state index contributed by atoms with van der Waals surface area (Å²) in [6, 6.07) is 5.70. The average Bonchev–Trinajstić information content (AvgIpc) is 2.86. The van der Waals surface area contributed by atoms with Gasteiger partial charge < -0.3 is 5.32 Å². The van der Waals surface area contributed by atoms with Gasteiger partial charge in [0, 0.05) is 32.1 Å². The molecule has 0 saturated heterocycles. The Morgan fingerprint density at radius 2 is 2.09 bits per heavy atom. The highest BCUT2D eigenvalue weighted by molar-refractivity contribution is 7.88. The van der Waals surface area contributed by atoms with Crippen molar-refractivity contribution in [2.45, 2.75) is 19.3 Å². The predicted molar refractivity (Wildman–Crippen MR) is 81.8 cm³/mol. The van der Waals surface area contributed by atoms with Crippen LogP contribution in [0.1, 0.15) is 18.7 Å². The lowest BCUT2D eigenvalue weighted by atomic mass is 10.3. The third-order valence-corrected chi connectivity index (χ3v) is 3.73. The number of nitrogens with zero attached hydrogens (tertiary/aromatic N) is 3. The first-order valence-electron chi connectivity index (χ1n) is 6.96. The fourth-order valence-electron chi connectivity index (χ4n) is 1.97. The third-order valence-electron chi connectivity index (χ3n) is 3.00. The van der Waals surface area contributed by atoms with Crippen molar-refractivity contribution in [2.75, 3.05) is 19.3 Å². The van der Waals surface area contributed by atoms with Gasteiger partial charge >= 0.3 is 0 Å². The number of hydrogen-bond donors (Lipinski definition) is 2. The first-order chi connectivity index (χ1) is 10.5. The number of sulfonamides is 1. The van der Waals surface area contributed by atoms with Crippen molar-refractivity contribution in [1.29, 1.82) is 0 Å². The van der Waals surface area contributed by atoms with Crippen LogP contribution < -0.4 is 10.0 Å². The Morgan fingerprint density at radius 1 is 1.27 bits per heavy atom. The quantitative estimate of drug-likeness (QED) is 0.649. The van der Waals surface area contributed by atoms with Crippen LogP contribution in [0, 0.1) is 0 Å². The molecule has 0 unspecified atom stereocenters. The van der Waals surface area contributed by atoms with E-state index in [-0.39, 0.29) is 18.9 Å². The molecular weight excluding hydrogens is 306 g/mol. The van der Waals surface area contributed by atoms with Gasteiger partial charge in [0.1, 0.15) is 5.82 Å². The van der Waals surface area contributed by atoms with Crippen molar-refractivity contribution < 1.29 is 13.2 Å². The minimum Gasteiger partial charge on any atom is -0.356 e. The van der Waals surface area contributed by atoms with Crippen molar-refractivity contribution >= 4 is 21.6 Å². The van der Waals surface area contributed by atoms with Crippen molar-refractivity contribution in [3.63, 3.8) is 0 Å². The monoisotopic (exact) mass is 325 g/mol. The molecule has 22 heavy (non-hydrogen) atoms. The van der Waals surface area contributed by atoms with Crippen molar-refractivity contribution in [1.82, 2.24) is 24.6 Å². The molecule has 2 N–H and O–H groups in total. The van der Waals surface area contributed by atoms with E-state index in [1.54, 1.807) is 0 Å². The topological polar surface area (TPSA) is 105 Å². The van der Waals surface area contributed by atoms with Crippen LogP contribution in [-0.2, 0) is 21.2 Å². The third kappa shape index (κ3) is 5.08. The second kappa shape index (κ2) is 7.32. The second-order valence-corrected chi connectivity index (χ2v) is 6.75. The summed E-state index contributed by atoms with van der Waals surface area (Å²) in [5.74, 6) is 0.672. The van der Waals surface area contributed by atoms with Gasteiger partial charge in [-0.1, -0.05) is 6.07 Å². The summed E-state index contributed by atoms with van der Waals surface area (Å²) < 4.78 is 25.9. The van der Waals surface area contributed by atoms with E-state index in [4.69, 9.17) is 0 Å². The Kier molecular flexibility index (Phi) is 5.45. The molecule has 0 bridgehead atoms. The number of hydrogen-bond acceptors (Lipinski definition) is 5. The molecular formula is C13H19N5O3S. The Bertz CT molecular complexity index is 741. The van der Waals surface area contributed by atoms with Crippen LogP contribution >= 0.6 is 0 Å². The van der Waals surface area contributed by atoms with E-state index in [9.17, 15) is 13.2 Å². The van der Waals surface area contributed by atoms with E-state index in [1.807, 2.05) is 28.8 Å². The minimum atomic E-state index is -3.24. The SMILES string of the molecule is CS(=O)(=O)NCCC(=O)NCCCc1nnc2ccccn12. The summed E-state index contributed by atoms with van der Waals surface area (Å²) in [7, 11) is -3.24. The summed E-state index contributed by atoms with van der Waals surface area (Å²) in [6.07, 6.45) is 4.53. The zero-order chi connectivity index (χ0) is 16.0. The summed E-state index contributed by atoms with van der Waals surface area (Å²) in [5.41, 5.74) is 0.799. The molecule has 2 rings (SSSR count). The summed E-state index contributed by atoms with van der Waals surface area (Å²) in [6.45, 7) is 0.624. The first-order valence-corrected chi connectivity index (χ1v) is 8.85. The smallest absolute Gasteiger partial charge is 0.221 e.